The number of benzene rings is 1. The van der Waals surface area contributed by atoms with E-state index in [-0.39, 0.29) is 15.6 Å². The van der Waals surface area contributed by atoms with Crippen LogP contribution in [0.4, 0.5) is 0 Å². The molecule has 0 spiro atoms. The van der Waals surface area contributed by atoms with Gasteiger partial charge in [-0.1, -0.05) is 23.2 Å². The summed E-state index contributed by atoms with van der Waals surface area (Å²) in [6.45, 7) is 0. The smallest absolute Gasteiger partial charge is 0.372 e. The zero-order valence-corrected chi connectivity index (χ0v) is 11.0. The van der Waals surface area contributed by atoms with Gasteiger partial charge in [-0.25, -0.2) is 4.79 Å². The van der Waals surface area contributed by atoms with Crippen LogP contribution in [-0.2, 0) is 14.4 Å². The number of carboxylic acid groups (broad SMARTS) is 1. The third kappa shape index (κ3) is 4.46. The van der Waals surface area contributed by atoms with E-state index in [1.807, 2.05) is 0 Å². The number of rotatable bonds is 6. The molecule has 0 aromatic heterocycles. The van der Waals surface area contributed by atoms with Crippen molar-refractivity contribution in [1.82, 2.24) is 0 Å². The fourth-order valence-electron chi connectivity index (χ4n) is 1.30. The summed E-state index contributed by atoms with van der Waals surface area (Å²) < 4.78 is 0. The van der Waals surface area contributed by atoms with Crippen LogP contribution in [0.1, 0.15) is 23.2 Å². The molecule has 0 heterocycles. The zero-order valence-electron chi connectivity index (χ0n) is 9.48. The van der Waals surface area contributed by atoms with E-state index >= 15 is 0 Å². The van der Waals surface area contributed by atoms with Gasteiger partial charge < -0.3 is 5.11 Å². The van der Waals surface area contributed by atoms with E-state index in [9.17, 15) is 19.2 Å². The Kier molecular flexibility index (Phi) is 5.20. The van der Waals surface area contributed by atoms with Gasteiger partial charge in [0.05, 0.1) is 17.9 Å². The summed E-state index contributed by atoms with van der Waals surface area (Å²) in [4.78, 5) is 44.2. The van der Waals surface area contributed by atoms with Crippen LogP contribution in [0.15, 0.2) is 18.2 Å². The molecule has 0 unspecified atom stereocenters. The molecule has 0 aliphatic heterocycles. The SMILES string of the molecule is O=C(CC(=O)C(=O)O)CC(=O)c1cc(Cl)ccc1Cl. The Bertz CT molecular complexity index is 565. The second-order valence-corrected chi connectivity index (χ2v) is 4.51. The number of carbonyl (C=O) groups is 4. The minimum absolute atomic E-state index is 0.0605. The van der Waals surface area contributed by atoms with E-state index in [2.05, 4.69) is 0 Å². The first-order chi connectivity index (χ1) is 8.81. The van der Waals surface area contributed by atoms with E-state index in [1.165, 1.54) is 18.2 Å². The lowest BCUT2D eigenvalue weighted by atomic mass is 10.0. The maximum atomic E-state index is 11.8. The molecule has 0 radical (unpaired) electrons. The van der Waals surface area contributed by atoms with E-state index in [4.69, 9.17) is 28.3 Å². The highest BCUT2D eigenvalue weighted by molar-refractivity contribution is 6.38. The van der Waals surface area contributed by atoms with Crippen molar-refractivity contribution in [1.29, 1.82) is 0 Å². The summed E-state index contributed by atoms with van der Waals surface area (Å²) in [7, 11) is 0. The van der Waals surface area contributed by atoms with Crippen LogP contribution in [0.25, 0.3) is 0 Å². The Hall–Kier alpha value is -1.72. The predicted molar refractivity (Wildman–Crippen MR) is 67.7 cm³/mol. The monoisotopic (exact) mass is 302 g/mol. The summed E-state index contributed by atoms with van der Waals surface area (Å²) in [6, 6.07) is 4.19. The topological polar surface area (TPSA) is 88.5 Å². The minimum Gasteiger partial charge on any atom is -0.475 e. The first-order valence-electron chi connectivity index (χ1n) is 5.07. The van der Waals surface area contributed by atoms with Crippen LogP contribution >= 0.6 is 23.2 Å². The maximum Gasteiger partial charge on any atom is 0.372 e. The van der Waals surface area contributed by atoms with Crippen molar-refractivity contribution in [2.24, 2.45) is 0 Å². The first kappa shape index (κ1) is 15.3. The van der Waals surface area contributed by atoms with Crippen LogP contribution in [-0.4, -0.2) is 28.4 Å². The molecule has 5 nitrogen and oxygen atoms in total. The van der Waals surface area contributed by atoms with Crippen molar-refractivity contribution in [2.75, 3.05) is 0 Å². The van der Waals surface area contributed by atoms with Crippen LogP contribution in [0, 0.1) is 0 Å². The molecule has 0 fully saturated rings. The lowest BCUT2D eigenvalue weighted by Crippen LogP contribution is -2.19. The lowest BCUT2D eigenvalue weighted by molar-refractivity contribution is -0.150. The largest absolute Gasteiger partial charge is 0.475 e. The highest BCUT2D eigenvalue weighted by Crippen LogP contribution is 2.22. The summed E-state index contributed by atoms with van der Waals surface area (Å²) >= 11 is 11.5. The van der Waals surface area contributed by atoms with Crippen molar-refractivity contribution in [3.8, 4) is 0 Å². The number of Topliss-reactive ketones (excluding diaryl/α,β-unsaturated/α-hetero) is 3. The number of carboxylic acids is 1. The molecule has 0 bridgehead atoms. The van der Waals surface area contributed by atoms with Gasteiger partial charge in [0.2, 0.25) is 5.78 Å². The van der Waals surface area contributed by atoms with Crippen molar-refractivity contribution >= 4 is 46.5 Å². The van der Waals surface area contributed by atoms with Crippen molar-refractivity contribution in [3.63, 3.8) is 0 Å². The first-order valence-corrected chi connectivity index (χ1v) is 5.83. The number of aliphatic carboxylic acids is 1. The highest BCUT2D eigenvalue weighted by Gasteiger charge is 2.20. The molecule has 1 aromatic rings. The number of carbonyl (C=O) groups excluding carboxylic acids is 3. The Morgan fingerprint density at radius 3 is 2.26 bits per heavy atom. The molecule has 0 atom stereocenters. The number of ketones is 3. The Morgan fingerprint density at radius 2 is 1.68 bits per heavy atom. The van der Waals surface area contributed by atoms with Gasteiger partial charge in [-0.15, -0.1) is 0 Å². The molecule has 1 N–H and O–H groups in total. The third-order valence-electron chi connectivity index (χ3n) is 2.18. The van der Waals surface area contributed by atoms with Gasteiger partial charge in [0.15, 0.2) is 5.78 Å². The van der Waals surface area contributed by atoms with Crippen LogP contribution in [0.2, 0.25) is 10.0 Å². The number of hydrogen-bond donors (Lipinski definition) is 1. The van der Waals surface area contributed by atoms with Crippen molar-refractivity contribution in [3.05, 3.63) is 33.8 Å². The van der Waals surface area contributed by atoms with E-state index in [0.717, 1.165) is 0 Å². The Morgan fingerprint density at radius 1 is 1.05 bits per heavy atom. The van der Waals surface area contributed by atoms with Gasteiger partial charge in [0, 0.05) is 10.6 Å². The average molecular weight is 303 g/mol. The van der Waals surface area contributed by atoms with Crippen molar-refractivity contribution < 1.29 is 24.3 Å². The number of halogens is 2. The third-order valence-corrected chi connectivity index (χ3v) is 2.75. The van der Waals surface area contributed by atoms with Gasteiger partial charge >= 0.3 is 5.97 Å². The van der Waals surface area contributed by atoms with E-state index in [1.54, 1.807) is 0 Å². The fourth-order valence-corrected chi connectivity index (χ4v) is 1.70. The van der Waals surface area contributed by atoms with Gasteiger partial charge in [-0.3, -0.25) is 14.4 Å². The van der Waals surface area contributed by atoms with Gasteiger partial charge in [-0.05, 0) is 18.2 Å². The van der Waals surface area contributed by atoms with Gasteiger partial charge in [-0.2, -0.15) is 0 Å². The molecule has 1 rings (SSSR count). The lowest BCUT2D eigenvalue weighted by Gasteiger charge is -2.03. The average Bonchev–Trinajstić information content (AvgIpc) is 2.31. The highest BCUT2D eigenvalue weighted by atomic mass is 35.5. The molecular weight excluding hydrogens is 295 g/mol. The Labute approximate surface area is 118 Å². The van der Waals surface area contributed by atoms with Crippen LogP contribution < -0.4 is 0 Å². The number of hydrogen-bond acceptors (Lipinski definition) is 4. The molecule has 1 aromatic carbocycles. The zero-order chi connectivity index (χ0) is 14.6. The molecule has 0 saturated heterocycles. The predicted octanol–water partition coefficient (Wildman–Crippen LogP) is 2.18. The van der Waals surface area contributed by atoms with E-state index in [0.29, 0.717) is 0 Å². The van der Waals surface area contributed by atoms with Gasteiger partial charge in [0.1, 0.15) is 5.78 Å². The molecule has 0 amide bonds. The van der Waals surface area contributed by atoms with E-state index < -0.39 is 36.2 Å². The quantitative estimate of drug-likeness (QED) is 0.494. The Balaban J connectivity index is 2.75. The van der Waals surface area contributed by atoms with Crippen molar-refractivity contribution in [2.45, 2.75) is 12.8 Å². The normalized spacial score (nSPS) is 10.0. The maximum absolute atomic E-state index is 11.8. The minimum atomic E-state index is -1.71. The summed E-state index contributed by atoms with van der Waals surface area (Å²) in [5.41, 5.74) is 0.0605. The van der Waals surface area contributed by atoms with Gasteiger partial charge in [0.25, 0.3) is 0 Å². The standard InChI is InChI=1S/C12H8Cl2O5/c13-6-1-2-9(14)8(3-6)10(16)4-7(15)5-11(17)12(18)19/h1-3H,4-5H2,(H,18,19). The molecule has 0 aliphatic carbocycles. The second kappa shape index (κ2) is 6.45. The molecule has 19 heavy (non-hydrogen) atoms. The fraction of sp³-hybridized carbons (Fsp3) is 0.167. The summed E-state index contributed by atoms with van der Waals surface area (Å²) in [5, 5.41) is 8.75. The molecular formula is C12H8Cl2O5. The molecule has 7 heteroatoms. The summed E-state index contributed by atoms with van der Waals surface area (Å²) in [5.74, 6) is -4.36. The molecule has 0 saturated carbocycles. The molecule has 0 aliphatic rings. The molecule has 100 valence electrons. The van der Waals surface area contributed by atoms with Crippen LogP contribution in [0.3, 0.4) is 0 Å². The second-order valence-electron chi connectivity index (χ2n) is 3.67. The van der Waals surface area contributed by atoms with Crippen LogP contribution in [0.5, 0.6) is 0 Å². The summed E-state index contributed by atoms with van der Waals surface area (Å²) in [6.07, 6.45) is -1.42.